The minimum atomic E-state index is 0.220. The van der Waals surface area contributed by atoms with Crippen LogP contribution in [0, 0.1) is 17.3 Å². The Morgan fingerprint density at radius 3 is 2.20 bits per heavy atom. The first-order valence-electron chi connectivity index (χ1n) is 6.14. The molecule has 1 aliphatic carbocycles. The minimum Gasteiger partial charge on any atom is -0.330 e. The Balaban J connectivity index is 0.000000921. The van der Waals surface area contributed by atoms with Gasteiger partial charge in [0.2, 0.25) is 0 Å². The Labute approximate surface area is 95.4 Å². The normalized spacial score (nSPS) is 27.9. The third kappa shape index (κ3) is 5.17. The molecule has 1 rings (SSSR count). The summed E-state index contributed by atoms with van der Waals surface area (Å²) in [6.07, 6.45) is 10.3. The average molecular weight is 209 g/mol. The van der Waals surface area contributed by atoms with E-state index in [1.807, 2.05) is 13.8 Å². The van der Waals surface area contributed by atoms with Gasteiger partial charge in [0.25, 0.3) is 0 Å². The molecule has 0 amide bonds. The van der Waals surface area contributed by atoms with Crippen molar-refractivity contribution in [3.63, 3.8) is 0 Å². The number of hydrogen-bond acceptors (Lipinski definition) is 1. The first-order valence-corrected chi connectivity index (χ1v) is 6.14. The van der Waals surface area contributed by atoms with Gasteiger partial charge in [-0.25, -0.2) is 0 Å². The maximum absolute atomic E-state index is 5.58. The van der Waals surface area contributed by atoms with Crippen LogP contribution in [-0.4, -0.2) is 6.54 Å². The lowest BCUT2D eigenvalue weighted by molar-refractivity contribution is 0.484. The molecule has 1 aliphatic rings. The zero-order chi connectivity index (χ0) is 11.9. The lowest BCUT2D eigenvalue weighted by Gasteiger charge is -2.15. The summed E-state index contributed by atoms with van der Waals surface area (Å²) < 4.78 is 0. The fourth-order valence-electron chi connectivity index (χ4n) is 1.70. The van der Waals surface area contributed by atoms with Crippen LogP contribution in [0.3, 0.4) is 0 Å². The Morgan fingerprint density at radius 1 is 1.13 bits per heavy atom. The summed E-state index contributed by atoms with van der Waals surface area (Å²) in [5.41, 5.74) is 5.80. The summed E-state index contributed by atoms with van der Waals surface area (Å²) in [4.78, 5) is 0. The Kier molecular flexibility index (Phi) is 6.58. The molecule has 0 saturated heterocycles. The molecule has 0 heterocycles. The van der Waals surface area contributed by atoms with Crippen LogP contribution in [0.15, 0.2) is 24.3 Å². The number of rotatable bonds is 2. The van der Waals surface area contributed by atoms with Crippen LogP contribution < -0.4 is 5.73 Å². The molecule has 2 unspecified atom stereocenters. The summed E-state index contributed by atoms with van der Waals surface area (Å²) in [5, 5.41) is 0. The van der Waals surface area contributed by atoms with E-state index in [0.717, 1.165) is 13.0 Å². The van der Waals surface area contributed by atoms with Gasteiger partial charge in [-0.3, -0.25) is 0 Å². The van der Waals surface area contributed by atoms with Crippen molar-refractivity contribution < 1.29 is 0 Å². The van der Waals surface area contributed by atoms with Crippen LogP contribution in [0.5, 0.6) is 0 Å². The Bertz CT molecular complexity index is 213. The van der Waals surface area contributed by atoms with Gasteiger partial charge in [-0.2, -0.15) is 0 Å². The lowest BCUT2D eigenvalue weighted by atomic mass is 9.91. The van der Waals surface area contributed by atoms with Crippen molar-refractivity contribution in [2.45, 2.75) is 41.0 Å². The fraction of sp³-hybridized carbons (Fsp3) is 0.714. The van der Waals surface area contributed by atoms with Crippen LogP contribution in [0.4, 0.5) is 0 Å². The van der Waals surface area contributed by atoms with Crippen molar-refractivity contribution >= 4 is 0 Å². The predicted molar refractivity (Wildman–Crippen MR) is 69.7 cm³/mol. The molecule has 0 saturated carbocycles. The van der Waals surface area contributed by atoms with Gasteiger partial charge in [0.1, 0.15) is 0 Å². The average Bonchev–Trinajstić information content (AvgIpc) is 2.34. The van der Waals surface area contributed by atoms with Crippen LogP contribution in [0.2, 0.25) is 0 Å². The first-order chi connectivity index (χ1) is 7.05. The monoisotopic (exact) mass is 209 g/mol. The highest BCUT2D eigenvalue weighted by atomic mass is 14.5. The maximum Gasteiger partial charge on any atom is 0.000461 e. The summed E-state index contributed by atoms with van der Waals surface area (Å²) in [7, 11) is 0. The van der Waals surface area contributed by atoms with Gasteiger partial charge in [-0.1, -0.05) is 58.9 Å². The fourth-order valence-corrected chi connectivity index (χ4v) is 1.70. The minimum absolute atomic E-state index is 0.220. The zero-order valence-electron chi connectivity index (χ0n) is 11.0. The van der Waals surface area contributed by atoms with Gasteiger partial charge in [0, 0.05) is 5.41 Å². The molecule has 0 radical (unpaired) electrons. The van der Waals surface area contributed by atoms with E-state index in [2.05, 4.69) is 45.1 Å². The van der Waals surface area contributed by atoms with E-state index in [0.29, 0.717) is 11.8 Å². The van der Waals surface area contributed by atoms with E-state index in [4.69, 9.17) is 5.73 Å². The van der Waals surface area contributed by atoms with Crippen molar-refractivity contribution in [1.82, 2.24) is 0 Å². The van der Waals surface area contributed by atoms with E-state index in [1.54, 1.807) is 0 Å². The van der Waals surface area contributed by atoms with Gasteiger partial charge in [-0.05, 0) is 24.8 Å². The molecule has 0 spiro atoms. The third-order valence-electron chi connectivity index (χ3n) is 2.78. The van der Waals surface area contributed by atoms with E-state index < -0.39 is 0 Å². The second-order valence-electron chi connectivity index (χ2n) is 4.64. The highest BCUT2D eigenvalue weighted by Crippen LogP contribution is 2.29. The van der Waals surface area contributed by atoms with Gasteiger partial charge in [-0.15, -0.1) is 0 Å². The summed E-state index contributed by atoms with van der Waals surface area (Å²) in [6, 6.07) is 0. The summed E-state index contributed by atoms with van der Waals surface area (Å²) in [5.74, 6) is 1.25. The largest absolute Gasteiger partial charge is 0.330 e. The van der Waals surface area contributed by atoms with E-state index in [9.17, 15) is 0 Å². The molecule has 2 N–H and O–H groups in total. The van der Waals surface area contributed by atoms with Crippen molar-refractivity contribution in [3.8, 4) is 0 Å². The Hall–Kier alpha value is -0.560. The molecule has 0 aromatic rings. The van der Waals surface area contributed by atoms with Crippen molar-refractivity contribution in [1.29, 1.82) is 0 Å². The van der Waals surface area contributed by atoms with Gasteiger partial charge < -0.3 is 5.73 Å². The second kappa shape index (κ2) is 6.84. The molecule has 0 bridgehead atoms. The molecular formula is C14H27N. The summed E-state index contributed by atoms with van der Waals surface area (Å²) in [6.45, 7) is 11.5. The van der Waals surface area contributed by atoms with Crippen molar-refractivity contribution in [2.24, 2.45) is 23.0 Å². The molecule has 1 heteroatoms. The standard InChI is InChI=1S/C12H21N.C2H6/c1-10-4-7-12(2,3)8-5-11(10)6-9-13;1-2/h4-5,7-8,10-11H,6,9,13H2,1-3H3;1-2H3. The van der Waals surface area contributed by atoms with Crippen LogP contribution in [-0.2, 0) is 0 Å². The predicted octanol–water partition coefficient (Wildman–Crippen LogP) is 3.77. The molecule has 0 fully saturated rings. The number of allylic oxidation sites excluding steroid dienone is 4. The maximum atomic E-state index is 5.58. The Morgan fingerprint density at radius 2 is 1.67 bits per heavy atom. The molecule has 0 aromatic heterocycles. The molecule has 1 nitrogen and oxygen atoms in total. The molecular weight excluding hydrogens is 182 g/mol. The lowest BCUT2D eigenvalue weighted by Crippen LogP contribution is -2.12. The smallest absolute Gasteiger partial charge is 0.000461 e. The van der Waals surface area contributed by atoms with Gasteiger partial charge in [0.15, 0.2) is 0 Å². The van der Waals surface area contributed by atoms with Crippen LogP contribution in [0.1, 0.15) is 41.0 Å². The van der Waals surface area contributed by atoms with Gasteiger partial charge in [0.05, 0.1) is 0 Å². The first kappa shape index (κ1) is 14.4. The molecule has 15 heavy (non-hydrogen) atoms. The van der Waals surface area contributed by atoms with E-state index in [-0.39, 0.29) is 5.41 Å². The molecule has 2 atom stereocenters. The van der Waals surface area contributed by atoms with Gasteiger partial charge >= 0.3 is 0 Å². The zero-order valence-corrected chi connectivity index (χ0v) is 11.0. The quantitative estimate of drug-likeness (QED) is 0.688. The van der Waals surface area contributed by atoms with Crippen molar-refractivity contribution in [3.05, 3.63) is 24.3 Å². The molecule has 88 valence electrons. The SMILES string of the molecule is CC.CC1C=CC(C)(C)C=CC1CCN. The van der Waals surface area contributed by atoms with Crippen molar-refractivity contribution in [2.75, 3.05) is 6.54 Å². The van der Waals surface area contributed by atoms with E-state index >= 15 is 0 Å². The highest BCUT2D eigenvalue weighted by molar-refractivity contribution is 5.14. The molecule has 0 aromatic carbocycles. The van der Waals surface area contributed by atoms with Crippen LogP contribution in [0.25, 0.3) is 0 Å². The number of nitrogens with two attached hydrogens (primary N) is 1. The van der Waals surface area contributed by atoms with E-state index in [1.165, 1.54) is 0 Å². The number of hydrogen-bond donors (Lipinski definition) is 1. The molecule has 0 aliphatic heterocycles. The van der Waals surface area contributed by atoms with Crippen LogP contribution >= 0.6 is 0 Å². The third-order valence-corrected chi connectivity index (χ3v) is 2.78. The highest BCUT2D eigenvalue weighted by Gasteiger charge is 2.18. The summed E-state index contributed by atoms with van der Waals surface area (Å²) >= 11 is 0. The topological polar surface area (TPSA) is 26.0 Å². The second-order valence-corrected chi connectivity index (χ2v) is 4.64.